The first kappa shape index (κ1) is 25.1. The number of nitrogens with zero attached hydrogens (tertiary/aromatic N) is 2. The standard InChI is InChI=1S/C20H29FN4O4S.CH4/c21-20-15(14-29-19(26)13-18(22)23)5-4-8-17(20)24-9-11-25(12-10-24)30(27,28)16-6-2-1-3-7-16;/h4-5,8,16H,1-3,6-7,9-14H2,(H3,22,23);1H4. The molecule has 2 fully saturated rings. The van der Waals surface area contributed by atoms with Crippen molar-refractivity contribution in [3.05, 3.63) is 29.6 Å². The maximum absolute atomic E-state index is 15.0. The summed E-state index contributed by atoms with van der Waals surface area (Å²) in [5.74, 6) is -1.49. The first-order valence-corrected chi connectivity index (χ1v) is 11.8. The Morgan fingerprint density at radius 2 is 1.81 bits per heavy atom. The smallest absolute Gasteiger partial charge is 0.313 e. The van der Waals surface area contributed by atoms with E-state index in [1.54, 1.807) is 16.4 Å². The SMILES string of the molecule is C.N=C(N)CC(=O)OCc1cccc(N2CCN(S(=O)(=O)C3CCCCC3)CC2)c1F. The van der Waals surface area contributed by atoms with Crippen molar-refractivity contribution in [1.29, 1.82) is 5.41 Å². The second-order valence-corrected chi connectivity index (χ2v) is 10.0. The van der Waals surface area contributed by atoms with Gasteiger partial charge in [-0.1, -0.05) is 38.8 Å². The van der Waals surface area contributed by atoms with Crippen LogP contribution in [0.3, 0.4) is 0 Å². The Labute approximate surface area is 184 Å². The molecule has 0 amide bonds. The van der Waals surface area contributed by atoms with Crippen molar-refractivity contribution in [2.24, 2.45) is 5.73 Å². The van der Waals surface area contributed by atoms with Gasteiger partial charge in [-0.25, -0.2) is 12.8 Å². The number of hydrogen-bond donors (Lipinski definition) is 2. The number of carbonyl (C=O) groups excluding carboxylic acids is 1. The fourth-order valence-electron chi connectivity index (χ4n) is 4.04. The topological polar surface area (TPSA) is 117 Å². The van der Waals surface area contributed by atoms with Crippen molar-refractivity contribution in [2.75, 3.05) is 31.1 Å². The van der Waals surface area contributed by atoms with E-state index in [0.717, 1.165) is 32.1 Å². The molecule has 1 aromatic carbocycles. The number of ether oxygens (including phenoxy) is 1. The molecule has 1 heterocycles. The van der Waals surface area contributed by atoms with E-state index in [2.05, 4.69) is 0 Å². The second kappa shape index (κ2) is 10.9. The number of benzene rings is 1. The molecule has 0 bridgehead atoms. The van der Waals surface area contributed by atoms with Crippen molar-refractivity contribution in [3.63, 3.8) is 0 Å². The van der Waals surface area contributed by atoms with Gasteiger partial charge in [0.2, 0.25) is 10.0 Å². The summed E-state index contributed by atoms with van der Waals surface area (Å²) in [7, 11) is -3.31. The van der Waals surface area contributed by atoms with E-state index in [9.17, 15) is 17.6 Å². The summed E-state index contributed by atoms with van der Waals surface area (Å²) in [5, 5.41) is 6.80. The number of sulfonamides is 1. The van der Waals surface area contributed by atoms with Crippen LogP contribution in [-0.4, -0.2) is 56.0 Å². The van der Waals surface area contributed by atoms with Gasteiger partial charge in [0, 0.05) is 31.7 Å². The third kappa shape index (κ3) is 6.16. The van der Waals surface area contributed by atoms with Crippen LogP contribution < -0.4 is 10.6 Å². The third-order valence-corrected chi connectivity index (χ3v) is 8.09. The summed E-state index contributed by atoms with van der Waals surface area (Å²) in [4.78, 5) is 13.4. The van der Waals surface area contributed by atoms with E-state index in [1.165, 1.54) is 6.07 Å². The molecule has 2 aliphatic rings. The molecule has 3 N–H and O–H groups in total. The zero-order valence-electron chi connectivity index (χ0n) is 17.0. The van der Waals surface area contributed by atoms with Gasteiger partial charge >= 0.3 is 5.97 Å². The average molecular weight is 457 g/mol. The maximum atomic E-state index is 15.0. The lowest BCUT2D eigenvalue weighted by atomic mass is 10.0. The number of piperazine rings is 1. The molecule has 174 valence electrons. The number of nitrogens with one attached hydrogen (secondary N) is 1. The van der Waals surface area contributed by atoms with E-state index in [1.807, 2.05) is 4.90 Å². The highest BCUT2D eigenvalue weighted by molar-refractivity contribution is 7.89. The summed E-state index contributed by atoms with van der Waals surface area (Å²) in [6.07, 6.45) is 4.12. The highest BCUT2D eigenvalue weighted by Crippen LogP contribution is 2.29. The lowest BCUT2D eigenvalue weighted by Gasteiger charge is -2.38. The molecule has 0 unspecified atom stereocenters. The largest absolute Gasteiger partial charge is 0.460 e. The number of hydrogen-bond acceptors (Lipinski definition) is 6. The number of carbonyl (C=O) groups is 1. The van der Waals surface area contributed by atoms with E-state index in [-0.39, 0.29) is 37.1 Å². The van der Waals surface area contributed by atoms with Crippen molar-refractivity contribution in [1.82, 2.24) is 4.31 Å². The molecule has 1 saturated carbocycles. The first-order valence-electron chi connectivity index (χ1n) is 10.3. The minimum Gasteiger partial charge on any atom is -0.460 e. The number of halogens is 1. The van der Waals surface area contributed by atoms with Gasteiger partial charge in [0.15, 0.2) is 5.82 Å². The zero-order valence-corrected chi connectivity index (χ0v) is 17.8. The molecule has 3 rings (SSSR count). The van der Waals surface area contributed by atoms with E-state index >= 15 is 0 Å². The van der Waals surface area contributed by atoms with E-state index in [0.29, 0.717) is 31.9 Å². The molecule has 0 aromatic heterocycles. The summed E-state index contributed by atoms with van der Waals surface area (Å²) in [6, 6.07) is 4.85. The molecule has 8 nitrogen and oxygen atoms in total. The summed E-state index contributed by atoms with van der Waals surface area (Å²) in [6.45, 7) is 1.21. The number of anilines is 1. The fraction of sp³-hybridized carbons (Fsp3) is 0.619. The minimum atomic E-state index is -3.31. The van der Waals surface area contributed by atoms with Crippen LogP contribution in [0.5, 0.6) is 0 Å². The van der Waals surface area contributed by atoms with Gasteiger partial charge in [-0.3, -0.25) is 10.2 Å². The molecule has 0 radical (unpaired) electrons. The molecule has 0 spiro atoms. The first-order chi connectivity index (χ1) is 14.3. The Morgan fingerprint density at radius 1 is 1.16 bits per heavy atom. The predicted octanol–water partition coefficient (Wildman–Crippen LogP) is 2.62. The quantitative estimate of drug-likeness (QED) is 0.370. The van der Waals surface area contributed by atoms with Crippen LogP contribution in [0.1, 0.15) is 51.5 Å². The minimum absolute atomic E-state index is 0. The van der Waals surface area contributed by atoms with Gasteiger partial charge in [0.05, 0.1) is 10.9 Å². The van der Waals surface area contributed by atoms with Gasteiger partial charge in [0.1, 0.15) is 18.9 Å². The summed E-state index contributed by atoms with van der Waals surface area (Å²) in [5.41, 5.74) is 5.75. The molecule has 1 saturated heterocycles. The third-order valence-electron chi connectivity index (χ3n) is 5.69. The lowest BCUT2D eigenvalue weighted by Crippen LogP contribution is -2.51. The maximum Gasteiger partial charge on any atom is 0.313 e. The molecule has 1 aliphatic heterocycles. The van der Waals surface area contributed by atoms with Crippen LogP contribution >= 0.6 is 0 Å². The van der Waals surface area contributed by atoms with Crippen molar-refractivity contribution >= 4 is 27.5 Å². The van der Waals surface area contributed by atoms with Crippen LogP contribution in [0.2, 0.25) is 0 Å². The Hall–Kier alpha value is -2.20. The lowest BCUT2D eigenvalue weighted by molar-refractivity contribution is -0.143. The molecule has 0 atom stereocenters. The number of amidine groups is 1. The number of esters is 1. The van der Waals surface area contributed by atoms with Crippen molar-refractivity contribution in [3.8, 4) is 0 Å². The molecular formula is C21H33FN4O4S. The monoisotopic (exact) mass is 456 g/mol. The molecule has 10 heteroatoms. The highest BCUT2D eigenvalue weighted by Gasteiger charge is 2.35. The summed E-state index contributed by atoms with van der Waals surface area (Å²) < 4.78 is 47.3. The molecule has 1 aromatic rings. The zero-order chi connectivity index (χ0) is 21.7. The fourth-order valence-corrected chi connectivity index (χ4v) is 6.07. The van der Waals surface area contributed by atoms with Crippen LogP contribution in [-0.2, 0) is 26.2 Å². The van der Waals surface area contributed by atoms with Crippen LogP contribution in [0.15, 0.2) is 18.2 Å². The Balaban J connectivity index is 0.00000341. The van der Waals surface area contributed by atoms with Crippen LogP contribution in [0.25, 0.3) is 0 Å². The summed E-state index contributed by atoms with van der Waals surface area (Å²) >= 11 is 0. The average Bonchev–Trinajstić information content (AvgIpc) is 2.73. The normalized spacial score (nSPS) is 18.3. The van der Waals surface area contributed by atoms with Gasteiger partial charge in [-0.05, 0) is 18.9 Å². The van der Waals surface area contributed by atoms with Gasteiger partial charge in [-0.15, -0.1) is 0 Å². The van der Waals surface area contributed by atoms with E-state index < -0.39 is 21.8 Å². The molecular weight excluding hydrogens is 423 g/mol. The highest BCUT2D eigenvalue weighted by atomic mass is 32.2. The van der Waals surface area contributed by atoms with E-state index in [4.69, 9.17) is 15.9 Å². The number of rotatable bonds is 7. The van der Waals surface area contributed by atoms with Crippen molar-refractivity contribution < 1.29 is 22.3 Å². The van der Waals surface area contributed by atoms with Gasteiger partial charge < -0.3 is 15.4 Å². The Kier molecular flexibility index (Phi) is 8.81. The Bertz CT molecular complexity index is 879. The molecule has 1 aliphatic carbocycles. The van der Waals surface area contributed by atoms with Crippen LogP contribution in [0.4, 0.5) is 10.1 Å². The van der Waals surface area contributed by atoms with Gasteiger partial charge in [0.25, 0.3) is 0 Å². The van der Waals surface area contributed by atoms with Gasteiger partial charge in [-0.2, -0.15) is 4.31 Å². The van der Waals surface area contributed by atoms with Crippen molar-refractivity contribution in [2.45, 2.75) is 57.8 Å². The molecule has 31 heavy (non-hydrogen) atoms. The predicted molar refractivity (Wildman–Crippen MR) is 119 cm³/mol. The Morgan fingerprint density at radius 3 is 2.42 bits per heavy atom. The number of nitrogens with two attached hydrogens (primary N) is 1. The van der Waals surface area contributed by atoms with Crippen LogP contribution in [0, 0.1) is 11.2 Å². The second-order valence-electron chi connectivity index (χ2n) is 7.80.